The molecule has 1 aromatic carbocycles. The summed E-state index contributed by atoms with van der Waals surface area (Å²) in [5, 5.41) is 0.681. The fourth-order valence-corrected chi connectivity index (χ4v) is 3.31. The molecule has 22 heavy (non-hydrogen) atoms. The first-order valence-corrected chi connectivity index (χ1v) is 9.10. The van der Waals surface area contributed by atoms with Crippen LogP contribution in [-0.2, 0) is 11.3 Å². The van der Waals surface area contributed by atoms with Gasteiger partial charge in [0.25, 0.3) is 0 Å². The van der Waals surface area contributed by atoms with Crippen LogP contribution in [0.1, 0.15) is 49.1 Å². The van der Waals surface area contributed by atoms with Crippen molar-refractivity contribution in [2.45, 2.75) is 44.6 Å². The van der Waals surface area contributed by atoms with E-state index in [0.29, 0.717) is 5.17 Å². The number of unbranched alkanes of at least 4 members (excludes halogenated alkanes) is 1. The van der Waals surface area contributed by atoms with Crippen LogP contribution in [0.2, 0.25) is 0 Å². The molecule has 0 atom stereocenters. The Morgan fingerprint density at radius 3 is 2.95 bits per heavy atom. The van der Waals surface area contributed by atoms with Crippen molar-refractivity contribution in [1.29, 1.82) is 0 Å². The van der Waals surface area contributed by atoms with Crippen LogP contribution in [0.3, 0.4) is 0 Å². The number of hydrogen-bond donors (Lipinski definition) is 1. The van der Waals surface area contributed by atoms with Gasteiger partial charge in [-0.05, 0) is 54.7 Å². The molecule has 1 saturated carbocycles. The van der Waals surface area contributed by atoms with E-state index in [-0.39, 0.29) is 0 Å². The molecule has 4 heteroatoms. The molecule has 1 heterocycles. The van der Waals surface area contributed by atoms with Crippen molar-refractivity contribution in [3.63, 3.8) is 0 Å². The molecule has 0 bridgehead atoms. The minimum absolute atomic E-state index is 0.681. The molecule has 1 aliphatic heterocycles. The Kier molecular flexibility index (Phi) is 5.57. The topological polar surface area (TPSA) is 47.6 Å². The van der Waals surface area contributed by atoms with E-state index in [1.807, 2.05) is 6.20 Å². The number of ether oxygens (including phenoxy) is 1. The van der Waals surface area contributed by atoms with Gasteiger partial charge < -0.3 is 10.5 Å². The number of benzene rings is 1. The van der Waals surface area contributed by atoms with Crippen molar-refractivity contribution in [3.05, 3.63) is 47.2 Å². The second kappa shape index (κ2) is 7.84. The molecule has 1 aliphatic carbocycles. The zero-order valence-electron chi connectivity index (χ0n) is 13.0. The fourth-order valence-electron chi connectivity index (χ4n) is 2.63. The highest BCUT2D eigenvalue weighted by Crippen LogP contribution is 2.40. The third kappa shape index (κ3) is 4.89. The second-order valence-corrected chi connectivity index (χ2v) is 7.07. The van der Waals surface area contributed by atoms with Gasteiger partial charge in [0.15, 0.2) is 5.17 Å². The molecule has 2 aliphatic rings. The molecular weight excluding hydrogens is 292 g/mol. The van der Waals surface area contributed by atoms with Gasteiger partial charge in [0.2, 0.25) is 0 Å². The van der Waals surface area contributed by atoms with Gasteiger partial charge >= 0.3 is 0 Å². The van der Waals surface area contributed by atoms with Crippen LogP contribution in [0.15, 0.2) is 41.0 Å². The normalized spacial score (nSPS) is 18.0. The number of nitrogens with two attached hydrogens (primary N) is 1. The summed E-state index contributed by atoms with van der Waals surface area (Å²) in [5.41, 5.74) is 9.81. The minimum atomic E-state index is 0.681. The van der Waals surface area contributed by atoms with Crippen molar-refractivity contribution in [1.82, 2.24) is 0 Å². The molecule has 1 aromatic rings. The maximum absolute atomic E-state index is 5.81. The number of hydrogen-bond acceptors (Lipinski definition) is 4. The first-order chi connectivity index (χ1) is 10.8. The van der Waals surface area contributed by atoms with E-state index < -0.39 is 0 Å². The summed E-state index contributed by atoms with van der Waals surface area (Å²) in [4.78, 5) is 4.16. The standard InChI is InChI=1S/C18H24N2OS/c19-18-20-11-15(13-22-18)4-1-2-9-21-12-14-5-3-6-17(10-14)16-7-8-16/h3,5-6,10-11,16H,1-2,4,7-9,12-13H2,(H2,19,20). The Morgan fingerprint density at radius 1 is 1.27 bits per heavy atom. The van der Waals surface area contributed by atoms with Crippen LogP contribution >= 0.6 is 11.8 Å². The highest BCUT2D eigenvalue weighted by atomic mass is 32.2. The SMILES string of the molecule is NC1=NC=C(CCCCOCc2cccc(C3CC3)c2)CS1. The highest BCUT2D eigenvalue weighted by Gasteiger charge is 2.23. The van der Waals surface area contributed by atoms with Gasteiger partial charge in [-0.2, -0.15) is 0 Å². The van der Waals surface area contributed by atoms with Gasteiger partial charge in [0, 0.05) is 18.6 Å². The lowest BCUT2D eigenvalue weighted by Gasteiger charge is -2.10. The summed E-state index contributed by atoms with van der Waals surface area (Å²) >= 11 is 1.63. The smallest absolute Gasteiger partial charge is 0.158 e. The molecule has 0 radical (unpaired) electrons. The Morgan fingerprint density at radius 2 is 2.18 bits per heavy atom. The minimum Gasteiger partial charge on any atom is -0.378 e. The predicted molar refractivity (Wildman–Crippen MR) is 94.1 cm³/mol. The van der Waals surface area contributed by atoms with Gasteiger partial charge in [-0.1, -0.05) is 36.0 Å². The largest absolute Gasteiger partial charge is 0.378 e. The van der Waals surface area contributed by atoms with Gasteiger partial charge in [-0.25, -0.2) is 4.99 Å². The van der Waals surface area contributed by atoms with Crippen LogP contribution in [0.5, 0.6) is 0 Å². The molecular formula is C18H24N2OS. The molecule has 0 saturated heterocycles. The highest BCUT2D eigenvalue weighted by molar-refractivity contribution is 8.14. The van der Waals surface area contributed by atoms with E-state index >= 15 is 0 Å². The van der Waals surface area contributed by atoms with E-state index in [9.17, 15) is 0 Å². The molecule has 3 rings (SSSR count). The number of amidine groups is 1. The summed E-state index contributed by atoms with van der Waals surface area (Å²) < 4.78 is 5.81. The molecule has 3 nitrogen and oxygen atoms in total. The second-order valence-electron chi connectivity index (χ2n) is 6.07. The maximum Gasteiger partial charge on any atom is 0.158 e. The molecule has 0 spiro atoms. The van der Waals surface area contributed by atoms with E-state index in [2.05, 4.69) is 29.3 Å². The van der Waals surface area contributed by atoms with Gasteiger partial charge in [0.1, 0.15) is 0 Å². The Bertz CT molecular complexity index is 564. The predicted octanol–water partition coefficient (Wildman–Crippen LogP) is 4.20. The summed E-state index contributed by atoms with van der Waals surface area (Å²) in [6, 6.07) is 8.88. The Balaban J connectivity index is 1.30. The zero-order valence-corrected chi connectivity index (χ0v) is 13.8. The first kappa shape index (κ1) is 15.6. The van der Waals surface area contributed by atoms with Crippen molar-refractivity contribution >= 4 is 16.9 Å². The lowest BCUT2D eigenvalue weighted by atomic mass is 10.1. The van der Waals surface area contributed by atoms with Crippen LogP contribution in [0.25, 0.3) is 0 Å². The van der Waals surface area contributed by atoms with Gasteiger partial charge in [0.05, 0.1) is 6.61 Å². The number of rotatable bonds is 8. The molecule has 0 aromatic heterocycles. The summed E-state index contributed by atoms with van der Waals surface area (Å²) in [6.45, 7) is 1.57. The zero-order chi connectivity index (χ0) is 15.2. The van der Waals surface area contributed by atoms with E-state index in [0.717, 1.165) is 44.1 Å². The van der Waals surface area contributed by atoms with Gasteiger partial charge in [-0.15, -0.1) is 0 Å². The van der Waals surface area contributed by atoms with Crippen LogP contribution in [-0.4, -0.2) is 17.5 Å². The Labute approximate surface area is 137 Å². The lowest BCUT2D eigenvalue weighted by Crippen LogP contribution is -2.10. The van der Waals surface area contributed by atoms with E-state index in [1.54, 1.807) is 11.8 Å². The average Bonchev–Trinajstić information content (AvgIpc) is 3.38. The van der Waals surface area contributed by atoms with Crippen LogP contribution in [0, 0.1) is 0 Å². The first-order valence-electron chi connectivity index (χ1n) is 8.12. The fraction of sp³-hybridized carbons (Fsp3) is 0.500. The number of thioether (sulfide) groups is 1. The monoisotopic (exact) mass is 316 g/mol. The molecule has 2 N–H and O–H groups in total. The quantitative estimate of drug-likeness (QED) is 0.731. The molecule has 0 amide bonds. The molecule has 0 unspecified atom stereocenters. The van der Waals surface area contributed by atoms with E-state index in [4.69, 9.17) is 10.5 Å². The number of nitrogens with zero attached hydrogens (tertiary/aromatic N) is 1. The van der Waals surface area contributed by atoms with Crippen molar-refractivity contribution in [2.24, 2.45) is 10.7 Å². The third-order valence-corrected chi connectivity index (χ3v) is 5.00. The van der Waals surface area contributed by atoms with Crippen molar-refractivity contribution in [2.75, 3.05) is 12.4 Å². The molecule has 118 valence electrons. The lowest BCUT2D eigenvalue weighted by molar-refractivity contribution is 0.117. The van der Waals surface area contributed by atoms with Crippen LogP contribution in [0.4, 0.5) is 0 Å². The Hall–Kier alpha value is -1.26. The third-order valence-electron chi connectivity index (χ3n) is 4.08. The van der Waals surface area contributed by atoms with E-state index in [1.165, 1.54) is 29.5 Å². The summed E-state index contributed by atoms with van der Waals surface area (Å²) in [5.74, 6) is 1.81. The summed E-state index contributed by atoms with van der Waals surface area (Å²) in [6.07, 6.45) is 8.00. The molecule has 1 fully saturated rings. The maximum atomic E-state index is 5.81. The van der Waals surface area contributed by atoms with Crippen molar-refractivity contribution in [3.8, 4) is 0 Å². The average molecular weight is 316 g/mol. The van der Waals surface area contributed by atoms with Crippen LogP contribution < -0.4 is 5.73 Å². The summed E-state index contributed by atoms with van der Waals surface area (Å²) in [7, 11) is 0. The van der Waals surface area contributed by atoms with Crippen molar-refractivity contribution < 1.29 is 4.74 Å². The van der Waals surface area contributed by atoms with Gasteiger partial charge in [-0.3, -0.25) is 0 Å². The number of aliphatic imine (C=N–C) groups is 1.